The molecule has 1 heterocycles. The molecule has 1 N–H and O–H groups in total. The SMILES string of the molecule is CC(CN1C(=O)NC(=O)C(C2CCCC2)C1=O)N(C)C. The number of hydrogen-bond donors (Lipinski definition) is 1. The van der Waals surface area contributed by atoms with Crippen LogP contribution in [0.25, 0.3) is 0 Å². The quantitative estimate of drug-likeness (QED) is 0.775. The van der Waals surface area contributed by atoms with Crippen molar-refractivity contribution in [3.8, 4) is 0 Å². The van der Waals surface area contributed by atoms with Crippen molar-refractivity contribution in [3.63, 3.8) is 0 Å². The number of amides is 4. The van der Waals surface area contributed by atoms with Crippen LogP contribution in [0.5, 0.6) is 0 Å². The Kier molecular flexibility index (Phi) is 4.42. The van der Waals surface area contributed by atoms with Gasteiger partial charge in [0, 0.05) is 12.6 Å². The van der Waals surface area contributed by atoms with E-state index in [9.17, 15) is 14.4 Å². The van der Waals surface area contributed by atoms with Gasteiger partial charge >= 0.3 is 6.03 Å². The number of nitrogens with one attached hydrogen (secondary N) is 1. The Balaban J connectivity index is 2.13. The monoisotopic (exact) mass is 281 g/mol. The molecule has 4 amide bonds. The van der Waals surface area contributed by atoms with Crippen molar-refractivity contribution in [2.75, 3.05) is 20.6 Å². The van der Waals surface area contributed by atoms with Gasteiger partial charge in [0.1, 0.15) is 5.92 Å². The molecule has 0 radical (unpaired) electrons. The zero-order chi connectivity index (χ0) is 14.9. The molecule has 0 aromatic carbocycles. The molecule has 2 fully saturated rings. The number of carbonyl (C=O) groups excluding carboxylic acids is 3. The second-order valence-electron chi connectivity index (χ2n) is 6.08. The highest BCUT2D eigenvalue weighted by Crippen LogP contribution is 2.33. The summed E-state index contributed by atoms with van der Waals surface area (Å²) >= 11 is 0. The third-order valence-electron chi connectivity index (χ3n) is 4.49. The van der Waals surface area contributed by atoms with Crippen LogP contribution in [0.15, 0.2) is 0 Å². The normalized spacial score (nSPS) is 26.3. The van der Waals surface area contributed by atoms with Gasteiger partial charge in [-0.05, 0) is 39.8 Å². The van der Waals surface area contributed by atoms with Gasteiger partial charge in [-0.15, -0.1) is 0 Å². The Morgan fingerprint density at radius 3 is 2.40 bits per heavy atom. The molecule has 1 aliphatic heterocycles. The Bertz CT molecular complexity index is 416. The molecule has 1 saturated carbocycles. The minimum atomic E-state index is -0.676. The Labute approximate surface area is 119 Å². The third-order valence-corrected chi connectivity index (χ3v) is 4.49. The molecular formula is C14H23N3O3. The highest BCUT2D eigenvalue weighted by molar-refractivity contribution is 6.16. The van der Waals surface area contributed by atoms with Gasteiger partial charge in [-0.2, -0.15) is 0 Å². The van der Waals surface area contributed by atoms with E-state index in [-0.39, 0.29) is 17.9 Å². The van der Waals surface area contributed by atoms with Crippen LogP contribution >= 0.6 is 0 Å². The molecule has 0 bridgehead atoms. The van der Waals surface area contributed by atoms with Gasteiger partial charge in [-0.3, -0.25) is 19.8 Å². The molecule has 6 nitrogen and oxygen atoms in total. The Morgan fingerprint density at radius 2 is 1.85 bits per heavy atom. The Hall–Kier alpha value is -1.43. The first-order valence-electron chi connectivity index (χ1n) is 7.24. The molecule has 20 heavy (non-hydrogen) atoms. The van der Waals surface area contributed by atoms with Crippen LogP contribution in [0.4, 0.5) is 4.79 Å². The lowest BCUT2D eigenvalue weighted by Crippen LogP contribution is -2.61. The van der Waals surface area contributed by atoms with Crippen LogP contribution in [0.3, 0.4) is 0 Å². The number of urea groups is 1. The smallest absolute Gasteiger partial charge is 0.305 e. The molecule has 2 aliphatic rings. The van der Waals surface area contributed by atoms with E-state index in [2.05, 4.69) is 5.32 Å². The molecule has 6 heteroatoms. The number of nitrogens with zero attached hydrogens (tertiary/aromatic N) is 2. The van der Waals surface area contributed by atoms with Crippen LogP contribution in [0.1, 0.15) is 32.6 Å². The summed E-state index contributed by atoms with van der Waals surface area (Å²) in [6, 6.07) is -0.523. The van der Waals surface area contributed by atoms with Crippen molar-refractivity contribution in [2.24, 2.45) is 11.8 Å². The van der Waals surface area contributed by atoms with E-state index >= 15 is 0 Å². The number of carbonyl (C=O) groups is 3. The van der Waals surface area contributed by atoms with Gasteiger partial charge in [-0.25, -0.2) is 4.79 Å². The van der Waals surface area contributed by atoms with Gasteiger partial charge in [0.05, 0.1) is 0 Å². The van der Waals surface area contributed by atoms with Crippen molar-refractivity contribution >= 4 is 17.8 Å². The lowest BCUT2D eigenvalue weighted by molar-refractivity contribution is -0.145. The zero-order valence-electron chi connectivity index (χ0n) is 12.4. The molecule has 1 aliphatic carbocycles. The van der Waals surface area contributed by atoms with Crippen molar-refractivity contribution in [1.29, 1.82) is 0 Å². The molecule has 1 saturated heterocycles. The summed E-state index contributed by atoms with van der Waals surface area (Å²) in [5, 5.41) is 2.34. The molecule has 0 spiro atoms. The minimum absolute atomic E-state index is 0.0575. The Morgan fingerprint density at radius 1 is 1.25 bits per heavy atom. The van der Waals surface area contributed by atoms with Crippen LogP contribution < -0.4 is 5.32 Å². The third kappa shape index (κ3) is 2.85. The van der Waals surface area contributed by atoms with Gasteiger partial charge in [0.25, 0.3) is 0 Å². The summed E-state index contributed by atoms with van der Waals surface area (Å²) in [4.78, 5) is 39.5. The van der Waals surface area contributed by atoms with E-state index in [0.717, 1.165) is 25.7 Å². The summed E-state index contributed by atoms with van der Waals surface area (Å²) in [5.41, 5.74) is 0. The summed E-state index contributed by atoms with van der Waals surface area (Å²) in [7, 11) is 3.80. The van der Waals surface area contributed by atoms with Gasteiger partial charge in [0.2, 0.25) is 11.8 Å². The maximum Gasteiger partial charge on any atom is 0.330 e. The average Bonchev–Trinajstić information content (AvgIpc) is 2.87. The lowest BCUT2D eigenvalue weighted by Gasteiger charge is -2.35. The number of barbiturate groups is 1. The topological polar surface area (TPSA) is 69.7 Å². The summed E-state index contributed by atoms with van der Waals surface area (Å²) in [6.07, 6.45) is 3.91. The summed E-state index contributed by atoms with van der Waals surface area (Å²) in [5.74, 6) is -1.32. The number of likely N-dealkylation sites (N-methyl/N-ethyl adjacent to an activating group) is 1. The van der Waals surface area contributed by atoms with Crippen molar-refractivity contribution < 1.29 is 14.4 Å². The van der Waals surface area contributed by atoms with E-state index < -0.39 is 17.9 Å². The fraction of sp³-hybridized carbons (Fsp3) is 0.786. The number of imide groups is 2. The lowest BCUT2D eigenvalue weighted by atomic mass is 9.87. The molecule has 112 valence electrons. The largest absolute Gasteiger partial charge is 0.330 e. The highest BCUT2D eigenvalue weighted by Gasteiger charge is 2.45. The zero-order valence-corrected chi connectivity index (χ0v) is 12.4. The van der Waals surface area contributed by atoms with Gasteiger partial charge in [-0.1, -0.05) is 12.8 Å². The van der Waals surface area contributed by atoms with E-state index in [1.165, 1.54) is 4.90 Å². The molecular weight excluding hydrogens is 258 g/mol. The molecule has 0 aromatic heterocycles. The van der Waals surface area contributed by atoms with E-state index in [1.54, 1.807) is 0 Å². The van der Waals surface area contributed by atoms with Crippen LogP contribution in [0.2, 0.25) is 0 Å². The standard InChI is InChI=1S/C14H23N3O3/c1-9(16(2)3)8-17-13(19)11(10-6-4-5-7-10)12(18)15-14(17)20/h9-11H,4-8H2,1-3H3,(H,15,18,20). The molecule has 2 rings (SSSR count). The number of hydrogen-bond acceptors (Lipinski definition) is 4. The summed E-state index contributed by atoms with van der Waals surface area (Å²) in [6.45, 7) is 2.26. The van der Waals surface area contributed by atoms with Crippen molar-refractivity contribution in [3.05, 3.63) is 0 Å². The highest BCUT2D eigenvalue weighted by atomic mass is 16.2. The van der Waals surface area contributed by atoms with Crippen LogP contribution in [-0.2, 0) is 9.59 Å². The first-order chi connectivity index (χ1) is 9.41. The van der Waals surface area contributed by atoms with Gasteiger partial charge < -0.3 is 4.90 Å². The fourth-order valence-electron chi connectivity index (χ4n) is 2.94. The maximum absolute atomic E-state index is 12.5. The predicted octanol–water partition coefficient (Wildman–Crippen LogP) is 0.821. The predicted molar refractivity (Wildman–Crippen MR) is 73.8 cm³/mol. The fourth-order valence-corrected chi connectivity index (χ4v) is 2.94. The first-order valence-corrected chi connectivity index (χ1v) is 7.24. The van der Waals surface area contributed by atoms with Crippen LogP contribution in [0, 0.1) is 11.8 Å². The second kappa shape index (κ2) is 5.91. The van der Waals surface area contributed by atoms with E-state index in [4.69, 9.17) is 0 Å². The van der Waals surface area contributed by atoms with Gasteiger partial charge in [0.15, 0.2) is 0 Å². The first kappa shape index (κ1) is 15.0. The minimum Gasteiger partial charge on any atom is -0.305 e. The molecule has 0 aromatic rings. The van der Waals surface area contributed by atoms with Crippen LogP contribution in [-0.4, -0.2) is 54.3 Å². The molecule has 2 atom stereocenters. The van der Waals surface area contributed by atoms with E-state index in [0.29, 0.717) is 6.54 Å². The average molecular weight is 281 g/mol. The second-order valence-corrected chi connectivity index (χ2v) is 6.08. The van der Waals surface area contributed by atoms with Crippen molar-refractivity contribution in [1.82, 2.24) is 15.1 Å². The summed E-state index contributed by atoms with van der Waals surface area (Å²) < 4.78 is 0. The molecule has 2 unspecified atom stereocenters. The maximum atomic E-state index is 12.5. The van der Waals surface area contributed by atoms with Crippen molar-refractivity contribution in [2.45, 2.75) is 38.6 Å². The van der Waals surface area contributed by atoms with E-state index in [1.807, 2.05) is 25.9 Å². The number of rotatable bonds is 4.